The predicted octanol–water partition coefficient (Wildman–Crippen LogP) is 4.47. The van der Waals surface area contributed by atoms with Crippen LogP contribution in [0, 0.1) is 5.82 Å². The third kappa shape index (κ3) is 8.15. The number of furan rings is 1. The van der Waals surface area contributed by atoms with E-state index in [0.717, 1.165) is 31.6 Å². The Morgan fingerprint density at radius 3 is 2.46 bits per heavy atom. The molecule has 37 heavy (non-hydrogen) atoms. The van der Waals surface area contributed by atoms with Crippen molar-refractivity contribution in [3.63, 3.8) is 0 Å². The zero-order chi connectivity index (χ0) is 26.0. The van der Waals surface area contributed by atoms with Crippen LogP contribution in [0.15, 0.2) is 71.3 Å². The van der Waals surface area contributed by atoms with Gasteiger partial charge < -0.3 is 19.0 Å². The molecular formula is C28H31ClFN3O4. The van der Waals surface area contributed by atoms with Crippen LogP contribution in [0.4, 0.5) is 4.39 Å². The van der Waals surface area contributed by atoms with Crippen LogP contribution in [0.2, 0.25) is 5.02 Å². The normalized spacial score (nSPS) is 13.9. The highest BCUT2D eigenvalue weighted by molar-refractivity contribution is 6.31. The molecule has 2 heterocycles. The number of nitrogens with zero attached hydrogens (tertiary/aromatic N) is 3. The van der Waals surface area contributed by atoms with Crippen molar-refractivity contribution in [2.75, 3.05) is 45.9 Å². The minimum absolute atomic E-state index is 0.101. The van der Waals surface area contributed by atoms with Gasteiger partial charge in [-0.2, -0.15) is 0 Å². The molecular weight excluding hydrogens is 497 g/mol. The molecule has 0 aliphatic carbocycles. The van der Waals surface area contributed by atoms with E-state index in [4.69, 9.17) is 20.8 Å². The Bertz CT molecular complexity index is 1150. The van der Waals surface area contributed by atoms with E-state index in [9.17, 15) is 14.0 Å². The summed E-state index contributed by atoms with van der Waals surface area (Å²) >= 11 is 6.14. The molecule has 1 saturated heterocycles. The minimum atomic E-state index is -0.341. The van der Waals surface area contributed by atoms with Gasteiger partial charge >= 0.3 is 0 Å². The lowest BCUT2D eigenvalue weighted by atomic mass is 10.1. The van der Waals surface area contributed by atoms with Gasteiger partial charge in [0.1, 0.15) is 18.1 Å². The number of hydrogen-bond donors (Lipinski definition) is 0. The highest BCUT2D eigenvalue weighted by Crippen LogP contribution is 2.16. The number of halogens is 2. The summed E-state index contributed by atoms with van der Waals surface area (Å²) in [5.41, 5.74) is 1.21. The Balaban J connectivity index is 1.49. The molecule has 1 aromatic heterocycles. The van der Waals surface area contributed by atoms with Gasteiger partial charge in [-0.05, 0) is 54.4 Å². The summed E-state index contributed by atoms with van der Waals surface area (Å²) in [6.07, 6.45) is 2.27. The van der Waals surface area contributed by atoms with E-state index in [1.54, 1.807) is 64.6 Å². The van der Waals surface area contributed by atoms with E-state index in [2.05, 4.69) is 4.90 Å². The molecule has 9 heteroatoms. The van der Waals surface area contributed by atoms with Crippen LogP contribution >= 0.6 is 11.6 Å². The summed E-state index contributed by atoms with van der Waals surface area (Å²) in [6, 6.07) is 16.3. The Kier molecular flexibility index (Phi) is 9.71. The molecule has 196 valence electrons. The first-order valence-corrected chi connectivity index (χ1v) is 12.8. The van der Waals surface area contributed by atoms with E-state index in [-0.39, 0.29) is 37.3 Å². The predicted molar refractivity (Wildman–Crippen MR) is 139 cm³/mol. The highest BCUT2D eigenvalue weighted by atomic mass is 35.5. The Morgan fingerprint density at radius 1 is 0.973 bits per heavy atom. The van der Waals surface area contributed by atoms with Gasteiger partial charge in [-0.15, -0.1) is 0 Å². The monoisotopic (exact) mass is 527 g/mol. The van der Waals surface area contributed by atoms with Crippen LogP contribution in [0.5, 0.6) is 0 Å². The van der Waals surface area contributed by atoms with E-state index >= 15 is 0 Å². The van der Waals surface area contributed by atoms with Crippen molar-refractivity contribution in [3.8, 4) is 0 Å². The molecule has 4 rings (SSSR count). The summed E-state index contributed by atoms with van der Waals surface area (Å²) in [6.45, 7) is 4.73. The molecule has 1 aliphatic rings. The van der Waals surface area contributed by atoms with Crippen molar-refractivity contribution in [2.45, 2.75) is 19.5 Å². The van der Waals surface area contributed by atoms with Crippen molar-refractivity contribution in [1.29, 1.82) is 0 Å². The highest BCUT2D eigenvalue weighted by Gasteiger charge is 2.24. The molecule has 1 aliphatic heterocycles. The smallest absolute Gasteiger partial charge is 0.254 e. The zero-order valence-electron chi connectivity index (χ0n) is 20.7. The van der Waals surface area contributed by atoms with E-state index in [1.807, 2.05) is 0 Å². The quantitative estimate of drug-likeness (QED) is 0.368. The van der Waals surface area contributed by atoms with Crippen molar-refractivity contribution < 1.29 is 23.1 Å². The fourth-order valence-corrected chi connectivity index (χ4v) is 4.45. The standard InChI is InChI=1S/C28H31ClFN3O4/c29-24-5-1-4-23(18-24)28(35)32(12-3-11-31-13-16-36-17-14-31)21-27(34)33(20-26-6-2-15-37-26)19-22-7-9-25(30)10-8-22/h1-2,4-10,15,18H,3,11-14,16-17,19-21H2. The summed E-state index contributed by atoms with van der Waals surface area (Å²) in [5, 5.41) is 0.459. The Labute approximate surface area is 221 Å². The molecule has 0 N–H and O–H groups in total. The lowest BCUT2D eigenvalue weighted by Gasteiger charge is -2.30. The minimum Gasteiger partial charge on any atom is -0.467 e. The van der Waals surface area contributed by atoms with Crippen LogP contribution in [0.3, 0.4) is 0 Å². The van der Waals surface area contributed by atoms with Crippen LogP contribution in [0.25, 0.3) is 0 Å². The number of carbonyl (C=O) groups excluding carboxylic acids is 2. The summed E-state index contributed by atoms with van der Waals surface area (Å²) in [4.78, 5) is 32.5. The van der Waals surface area contributed by atoms with Gasteiger partial charge in [0.2, 0.25) is 5.91 Å². The van der Waals surface area contributed by atoms with Gasteiger partial charge in [0, 0.05) is 43.3 Å². The number of hydrogen-bond acceptors (Lipinski definition) is 5. The molecule has 2 aromatic carbocycles. The summed E-state index contributed by atoms with van der Waals surface area (Å²) in [5.74, 6) is -0.207. The van der Waals surface area contributed by atoms with Gasteiger partial charge in [-0.3, -0.25) is 14.5 Å². The van der Waals surface area contributed by atoms with Gasteiger partial charge in [0.25, 0.3) is 5.91 Å². The molecule has 1 fully saturated rings. The largest absolute Gasteiger partial charge is 0.467 e. The maximum atomic E-state index is 13.6. The fourth-order valence-electron chi connectivity index (χ4n) is 4.26. The molecule has 0 atom stereocenters. The van der Waals surface area contributed by atoms with Gasteiger partial charge in [-0.1, -0.05) is 29.8 Å². The van der Waals surface area contributed by atoms with Crippen LogP contribution in [0.1, 0.15) is 28.1 Å². The van der Waals surface area contributed by atoms with Crippen LogP contribution in [-0.4, -0.2) is 72.5 Å². The third-order valence-corrected chi connectivity index (χ3v) is 6.49. The summed E-state index contributed by atoms with van der Waals surface area (Å²) < 4.78 is 24.3. The molecule has 0 saturated carbocycles. The number of morpholine rings is 1. The van der Waals surface area contributed by atoms with Crippen LogP contribution < -0.4 is 0 Å². The molecule has 0 spiro atoms. The zero-order valence-corrected chi connectivity index (χ0v) is 21.4. The molecule has 0 bridgehead atoms. The molecule has 7 nitrogen and oxygen atoms in total. The number of ether oxygens (including phenoxy) is 1. The van der Waals surface area contributed by atoms with Crippen LogP contribution in [-0.2, 0) is 22.6 Å². The maximum absolute atomic E-state index is 13.6. The lowest BCUT2D eigenvalue weighted by Crippen LogP contribution is -2.44. The first-order chi connectivity index (χ1) is 18.0. The average Bonchev–Trinajstić information content (AvgIpc) is 3.42. The summed E-state index contributed by atoms with van der Waals surface area (Å²) in [7, 11) is 0. The first-order valence-electron chi connectivity index (χ1n) is 12.4. The lowest BCUT2D eigenvalue weighted by molar-refractivity contribution is -0.133. The number of carbonyl (C=O) groups is 2. The van der Waals surface area contributed by atoms with E-state index in [1.165, 1.54) is 12.1 Å². The third-order valence-electron chi connectivity index (χ3n) is 6.26. The van der Waals surface area contributed by atoms with Crippen molar-refractivity contribution in [2.24, 2.45) is 0 Å². The molecule has 0 radical (unpaired) electrons. The molecule has 2 amide bonds. The second-order valence-corrected chi connectivity index (χ2v) is 9.44. The van der Waals surface area contributed by atoms with Crippen molar-refractivity contribution >= 4 is 23.4 Å². The van der Waals surface area contributed by atoms with Crippen molar-refractivity contribution in [1.82, 2.24) is 14.7 Å². The van der Waals surface area contributed by atoms with Gasteiger partial charge in [0.15, 0.2) is 0 Å². The number of amides is 2. The number of rotatable bonds is 11. The number of benzene rings is 2. The van der Waals surface area contributed by atoms with Gasteiger partial charge in [-0.25, -0.2) is 4.39 Å². The van der Waals surface area contributed by atoms with E-state index < -0.39 is 0 Å². The van der Waals surface area contributed by atoms with Crippen molar-refractivity contribution in [3.05, 3.63) is 94.7 Å². The molecule has 3 aromatic rings. The van der Waals surface area contributed by atoms with E-state index in [0.29, 0.717) is 36.1 Å². The molecule has 0 unspecified atom stereocenters. The fraction of sp³-hybridized carbons (Fsp3) is 0.357. The second-order valence-electron chi connectivity index (χ2n) is 9.00. The first kappa shape index (κ1) is 26.9. The SMILES string of the molecule is O=C(CN(CCCN1CCOCC1)C(=O)c1cccc(Cl)c1)N(Cc1ccc(F)cc1)Cc1ccco1. The topological polar surface area (TPSA) is 66.2 Å². The second kappa shape index (κ2) is 13.4. The van der Waals surface area contributed by atoms with Gasteiger partial charge in [0.05, 0.1) is 26.0 Å². The maximum Gasteiger partial charge on any atom is 0.254 e. The Hall–Kier alpha value is -3.20. The Morgan fingerprint density at radius 2 is 1.76 bits per heavy atom. The average molecular weight is 528 g/mol.